The molecule has 7 heteroatoms. The van der Waals surface area contributed by atoms with Crippen molar-refractivity contribution in [3.05, 3.63) is 40.9 Å². The van der Waals surface area contributed by atoms with Crippen LogP contribution in [0, 0.1) is 0 Å². The molecule has 21 heavy (non-hydrogen) atoms. The van der Waals surface area contributed by atoms with Crippen molar-refractivity contribution in [3.63, 3.8) is 0 Å². The molecule has 2 N–H and O–H groups in total. The van der Waals surface area contributed by atoms with E-state index in [-0.39, 0.29) is 10.6 Å². The molecule has 0 spiro atoms. The molecule has 0 bridgehead atoms. The Labute approximate surface area is 131 Å². The van der Waals surface area contributed by atoms with Gasteiger partial charge in [-0.1, -0.05) is 0 Å². The highest BCUT2D eigenvalue weighted by Gasteiger charge is 2.12. The Kier molecular flexibility index (Phi) is 4.43. The van der Waals surface area contributed by atoms with Crippen LogP contribution in [0.15, 0.2) is 45.8 Å². The van der Waals surface area contributed by atoms with Crippen LogP contribution < -0.4 is 15.2 Å². The first-order valence-electron chi connectivity index (χ1n) is 5.92. The Morgan fingerprint density at radius 3 is 2.29 bits per heavy atom. The van der Waals surface area contributed by atoms with Crippen LogP contribution in [0.25, 0.3) is 0 Å². The molecule has 0 aliphatic heterocycles. The molecule has 0 aliphatic carbocycles. The van der Waals surface area contributed by atoms with E-state index in [0.29, 0.717) is 21.7 Å². The van der Waals surface area contributed by atoms with Gasteiger partial charge in [-0.15, -0.1) is 0 Å². The maximum Gasteiger partial charge on any atom is 0.175 e. The van der Waals surface area contributed by atoms with Crippen LogP contribution in [0.3, 0.4) is 0 Å². The Bertz CT molecular complexity index is 775. The Morgan fingerprint density at radius 2 is 1.76 bits per heavy atom. The molecule has 0 atom stereocenters. The molecule has 0 saturated heterocycles. The van der Waals surface area contributed by atoms with Gasteiger partial charge in [0.15, 0.2) is 9.84 Å². The number of hydrogen-bond acceptors (Lipinski definition) is 5. The quantitative estimate of drug-likeness (QED) is 0.834. The highest BCUT2D eigenvalue weighted by molar-refractivity contribution is 9.10. The lowest BCUT2D eigenvalue weighted by Crippen LogP contribution is -2.00. The van der Waals surface area contributed by atoms with Gasteiger partial charge in [-0.2, -0.15) is 0 Å². The number of ether oxygens (including phenoxy) is 2. The van der Waals surface area contributed by atoms with Crippen LogP contribution in [0.4, 0.5) is 5.69 Å². The summed E-state index contributed by atoms with van der Waals surface area (Å²) in [4.78, 5) is 0.154. The van der Waals surface area contributed by atoms with Gasteiger partial charge >= 0.3 is 0 Å². The normalized spacial score (nSPS) is 11.2. The zero-order valence-electron chi connectivity index (χ0n) is 11.5. The summed E-state index contributed by atoms with van der Waals surface area (Å²) in [5.74, 6) is 1.62. The number of hydrogen-bond donors (Lipinski definition) is 1. The van der Waals surface area contributed by atoms with E-state index < -0.39 is 9.84 Å². The van der Waals surface area contributed by atoms with E-state index >= 15 is 0 Å². The fourth-order valence-corrected chi connectivity index (χ4v) is 2.75. The molecule has 0 amide bonds. The smallest absolute Gasteiger partial charge is 0.175 e. The van der Waals surface area contributed by atoms with Crippen LogP contribution in [-0.4, -0.2) is 21.8 Å². The van der Waals surface area contributed by atoms with Crippen molar-refractivity contribution in [2.45, 2.75) is 4.90 Å². The minimum Gasteiger partial charge on any atom is -0.497 e. The van der Waals surface area contributed by atoms with E-state index in [4.69, 9.17) is 15.2 Å². The summed E-state index contributed by atoms with van der Waals surface area (Å²) in [7, 11) is -1.72. The first-order valence-corrected chi connectivity index (χ1v) is 8.60. The first-order chi connectivity index (χ1) is 9.81. The van der Waals surface area contributed by atoms with Gasteiger partial charge in [0, 0.05) is 6.26 Å². The summed E-state index contributed by atoms with van der Waals surface area (Å²) in [6, 6.07) is 9.60. The number of benzene rings is 2. The van der Waals surface area contributed by atoms with Crippen LogP contribution in [0.1, 0.15) is 0 Å². The van der Waals surface area contributed by atoms with Crippen molar-refractivity contribution >= 4 is 31.5 Å². The summed E-state index contributed by atoms with van der Waals surface area (Å²) in [5, 5.41) is 0. The predicted octanol–water partition coefficient (Wildman–Crippen LogP) is 3.24. The predicted molar refractivity (Wildman–Crippen MR) is 84.7 cm³/mol. The molecule has 112 valence electrons. The maximum absolute atomic E-state index is 11.5. The maximum atomic E-state index is 11.5. The van der Waals surface area contributed by atoms with Gasteiger partial charge in [0.2, 0.25) is 0 Å². The van der Waals surface area contributed by atoms with Gasteiger partial charge < -0.3 is 15.2 Å². The fourth-order valence-electron chi connectivity index (χ4n) is 1.66. The van der Waals surface area contributed by atoms with Crippen molar-refractivity contribution in [2.24, 2.45) is 0 Å². The van der Waals surface area contributed by atoms with Crippen molar-refractivity contribution < 1.29 is 17.9 Å². The third-order valence-electron chi connectivity index (χ3n) is 2.77. The van der Waals surface area contributed by atoms with Crippen LogP contribution in [-0.2, 0) is 9.84 Å². The van der Waals surface area contributed by atoms with Crippen LogP contribution in [0.5, 0.6) is 17.2 Å². The molecular weight excluding hydrogens is 358 g/mol. The minimum absolute atomic E-state index is 0.154. The number of methoxy groups -OCH3 is 1. The number of nitrogen functional groups attached to an aromatic ring is 1. The monoisotopic (exact) mass is 371 g/mol. The molecule has 2 aromatic carbocycles. The van der Waals surface area contributed by atoms with Crippen molar-refractivity contribution in [1.82, 2.24) is 0 Å². The summed E-state index contributed by atoms with van der Waals surface area (Å²) in [6.45, 7) is 0. The summed E-state index contributed by atoms with van der Waals surface area (Å²) >= 11 is 3.37. The van der Waals surface area contributed by atoms with Crippen molar-refractivity contribution in [2.75, 3.05) is 19.1 Å². The lowest BCUT2D eigenvalue weighted by molar-refractivity contribution is 0.412. The second-order valence-corrected chi connectivity index (χ2v) is 7.24. The fraction of sp³-hybridized carbons (Fsp3) is 0.143. The van der Waals surface area contributed by atoms with Gasteiger partial charge in [0.05, 0.1) is 22.2 Å². The second kappa shape index (κ2) is 5.95. The number of halogens is 1. The molecular formula is C14H14BrNO4S. The van der Waals surface area contributed by atoms with E-state index in [1.54, 1.807) is 25.3 Å². The average molecular weight is 372 g/mol. The van der Waals surface area contributed by atoms with E-state index in [1.165, 1.54) is 18.2 Å². The highest BCUT2D eigenvalue weighted by atomic mass is 79.9. The molecule has 0 fully saturated rings. The second-order valence-electron chi connectivity index (χ2n) is 4.37. The van der Waals surface area contributed by atoms with Gasteiger partial charge in [-0.05, 0) is 52.3 Å². The minimum atomic E-state index is -3.29. The molecule has 0 aromatic heterocycles. The molecule has 0 radical (unpaired) electrons. The van der Waals surface area contributed by atoms with E-state index in [0.717, 1.165) is 6.26 Å². The Hall–Kier alpha value is -1.73. The first kappa shape index (κ1) is 15.7. The van der Waals surface area contributed by atoms with Gasteiger partial charge in [0.1, 0.15) is 17.2 Å². The lowest BCUT2D eigenvalue weighted by atomic mass is 10.3. The molecule has 0 unspecified atom stereocenters. The zero-order valence-corrected chi connectivity index (χ0v) is 13.9. The molecule has 2 rings (SSSR count). The Balaban J connectivity index is 2.32. The van der Waals surface area contributed by atoms with Gasteiger partial charge in [-0.3, -0.25) is 0 Å². The highest BCUT2D eigenvalue weighted by Crippen LogP contribution is 2.35. The number of sulfone groups is 1. The Morgan fingerprint density at radius 1 is 1.10 bits per heavy atom. The molecule has 0 aliphatic rings. The average Bonchev–Trinajstić information content (AvgIpc) is 2.41. The number of rotatable bonds is 4. The molecule has 0 heterocycles. The third-order valence-corrected chi connectivity index (χ3v) is 4.50. The topological polar surface area (TPSA) is 78.6 Å². The SMILES string of the molecule is COc1ccc(Oc2ccc(S(C)(=O)=O)cc2N)c(Br)c1. The largest absolute Gasteiger partial charge is 0.497 e. The van der Waals surface area contributed by atoms with Crippen LogP contribution in [0.2, 0.25) is 0 Å². The summed E-state index contributed by atoms with van der Waals surface area (Å²) in [6.07, 6.45) is 1.13. The van der Waals surface area contributed by atoms with Crippen molar-refractivity contribution in [3.8, 4) is 17.2 Å². The third kappa shape index (κ3) is 3.68. The number of anilines is 1. The summed E-state index contributed by atoms with van der Waals surface area (Å²) < 4.78 is 34.4. The van der Waals surface area contributed by atoms with E-state index in [2.05, 4.69) is 15.9 Å². The number of nitrogens with two attached hydrogens (primary N) is 1. The van der Waals surface area contributed by atoms with Crippen molar-refractivity contribution in [1.29, 1.82) is 0 Å². The standard InChI is InChI=1S/C14H14BrNO4S/c1-19-9-3-5-13(11(15)7-9)20-14-6-4-10(8-12(14)16)21(2,17)18/h3-8H,16H2,1-2H3. The molecule has 2 aromatic rings. The van der Waals surface area contributed by atoms with E-state index in [1.807, 2.05) is 0 Å². The van der Waals surface area contributed by atoms with Gasteiger partial charge in [0.25, 0.3) is 0 Å². The molecule has 0 saturated carbocycles. The lowest BCUT2D eigenvalue weighted by Gasteiger charge is -2.11. The zero-order chi connectivity index (χ0) is 15.6. The molecule has 5 nitrogen and oxygen atoms in total. The van der Waals surface area contributed by atoms with E-state index in [9.17, 15) is 8.42 Å². The van der Waals surface area contributed by atoms with Gasteiger partial charge in [-0.25, -0.2) is 8.42 Å². The van der Waals surface area contributed by atoms with Crippen LogP contribution >= 0.6 is 15.9 Å². The summed E-state index contributed by atoms with van der Waals surface area (Å²) in [5.41, 5.74) is 6.09.